The number of imide groups is 1. The van der Waals surface area contributed by atoms with Gasteiger partial charge in [0.1, 0.15) is 18.2 Å². The molecule has 0 aliphatic carbocycles. The molecule has 1 N–H and O–H groups in total. The van der Waals surface area contributed by atoms with Gasteiger partial charge in [0, 0.05) is 11.3 Å². The van der Waals surface area contributed by atoms with Crippen molar-refractivity contribution in [1.29, 1.82) is 0 Å². The van der Waals surface area contributed by atoms with Crippen LogP contribution in [0.2, 0.25) is 0 Å². The molecule has 6 nitrogen and oxygen atoms in total. The maximum Gasteiger partial charge on any atom is 0.289 e. The minimum atomic E-state index is -0.308. The van der Waals surface area contributed by atoms with Gasteiger partial charge in [-0.3, -0.25) is 19.3 Å². The van der Waals surface area contributed by atoms with Gasteiger partial charge >= 0.3 is 0 Å². The van der Waals surface area contributed by atoms with Crippen LogP contribution in [0.1, 0.15) is 21.5 Å². The van der Waals surface area contributed by atoms with Gasteiger partial charge in [0.2, 0.25) is 5.91 Å². The minimum Gasteiger partial charge on any atom is -0.489 e. The van der Waals surface area contributed by atoms with Crippen molar-refractivity contribution in [3.8, 4) is 5.75 Å². The highest BCUT2D eigenvalue weighted by Gasteiger charge is 2.29. The van der Waals surface area contributed by atoms with E-state index in [1.54, 1.807) is 60.7 Å². The Labute approximate surface area is 188 Å². The molecule has 162 valence electrons. The van der Waals surface area contributed by atoms with Crippen molar-refractivity contribution >= 4 is 34.5 Å². The van der Waals surface area contributed by atoms with E-state index < -0.39 is 0 Å². The number of hydrogen-bond acceptors (Lipinski definition) is 5. The molecule has 1 saturated heterocycles. The molecule has 0 spiro atoms. The van der Waals surface area contributed by atoms with E-state index in [2.05, 4.69) is 5.32 Å². The van der Waals surface area contributed by atoms with E-state index in [4.69, 9.17) is 4.74 Å². The van der Waals surface area contributed by atoms with Gasteiger partial charge in [0.15, 0.2) is 0 Å². The lowest BCUT2D eigenvalue weighted by atomic mass is 10.1. The monoisotopic (exact) mass is 450 g/mol. The van der Waals surface area contributed by atoms with Gasteiger partial charge in [0.25, 0.3) is 11.1 Å². The summed E-state index contributed by atoms with van der Waals surface area (Å²) in [5.74, 6) is -0.0996. The third-order valence-corrected chi connectivity index (χ3v) is 5.67. The summed E-state index contributed by atoms with van der Waals surface area (Å²) in [6, 6.07) is 19.8. The van der Waals surface area contributed by atoms with Crippen molar-refractivity contribution in [2.75, 3.05) is 11.1 Å². The zero-order chi connectivity index (χ0) is 22.5. The molecule has 0 radical (unpaired) electrons. The number of nitrogens with zero attached hydrogens (tertiary/aromatic N) is 1. The van der Waals surface area contributed by atoms with Crippen LogP contribution in [0.15, 0.2) is 72.8 Å². The second-order valence-corrected chi connectivity index (χ2v) is 8.06. The summed E-state index contributed by atoms with van der Waals surface area (Å²) in [5.41, 5.74) is 2.63. The van der Waals surface area contributed by atoms with E-state index in [9.17, 15) is 18.8 Å². The van der Waals surface area contributed by atoms with Crippen LogP contribution >= 0.6 is 11.8 Å². The predicted octanol–water partition coefficient (Wildman–Crippen LogP) is 4.85. The second kappa shape index (κ2) is 9.65. The van der Waals surface area contributed by atoms with E-state index in [1.165, 1.54) is 17.0 Å². The molecule has 1 heterocycles. The average Bonchev–Trinajstić information content (AvgIpc) is 3.12. The Bertz CT molecular complexity index is 1130. The molecule has 3 aromatic carbocycles. The Morgan fingerprint density at radius 2 is 1.72 bits per heavy atom. The fourth-order valence-electron chi connectivity index (χ4n) is 3.09. The Hall–Kier alpha value is -3.65. The lowest BCUT2D eigenvalue weighted by Gasteiger charge is -2.13. The van der Waals surface area contributed by atoms with Gasteiger partial charge in [0.05, 0.1) is 12.3 Å². The van der Waals surface area contributed by atoms with Crippen LogP contribution in [0.25, 0.3) is 0 Å². The van der Waals surface area contributed by atoms with E-state index in [-0.39, 0.29) is 41.8 Å². The highest BCUT2D eigenvalue weighted by molar-refractivity contribution is 8.14. The molecule has 0 aromatic heterocycles. The molecule has 0 saturated carbocycles. The van der Waals surface area contributed by atoms with Crippen LogP contribution in [0.4, 0.5) is 14.9 Å². The molecule has 0 bridgehead atoms. The van der Waals surface area contributed by atoms with E-state index in [0.717, 1.165) is 22.9 Å². The van der Waals surface area contributed by atoms with Crippen molar-refractivity contribution in [3.05, 3.63) is 95.3 Å². The van der Waals surface area contributed by atoms with Crippen LogP contribution < -0.4 is 10.1 Å². The molecule has 4 rings (SSSR count). The Morgan fingerprint density at radius 1 is 1.00 bits per heavy atom. The fraction of sp³-hybridized carbons (Fsp3) is 0.125. The summed E-state index contributed by atoms with van der Waals surface area (Å²) >= 11 is 1.00. The first-order valence-corrected chi connectivity index (χ1v) is 10.8. The third kappa shape index (κ3) is 5.33. The smallest absolute Gasteiger partial charge is 0.289 e. The van der Waals surface area contributed by atoms with E-state index >= 15 is 0 Å². The number of anilines is 1. The summed E-state index contributed by atoms with van der Waals surface area (Å²) in [5, 5.41) is 2.57. The number of nitrogens with one attached hydrogen (secondary N) is 1. The molecule has 0 atom stereocenters. The summed E-state index contributed by atoms with van der Waals surface area (Å²) in [6.07, 6.45) is 0. The van der Waals surface area contributed by atoms with E-state index in [1.807, 2.05) is 0 Å². The van der Waals surface area contributed by atoms with Crippen molar-refractivity contribution in [2.45, 2.75) is 13.2 Å². The van der Waals surface area contributed by atoms with Gasteiger partial charge in [-0.1, -0.05) is 42.1 Å². The third-order valence-electron chi connectivity index (χ3n) is 4.81. The maximum absolute atomic E-state index is 13.0. The summed E-state index contributed by atoms with van der Waals surface area (Å²) in [7, 11) is 0. The van der Waals surface area contributed by atoms with Crippen LogP contribution in [-0.4, -0.2) is 27.7 Å². The standard InChI is InChI=1S/C24H19FN2O4S/c25-19-8-4-17(5-9-19)14-31-21-3-1-2-18(12-21)23(29)26-20-10-6-16(7-11-20)13-27-22(28)15-32-24(27)30/h1-12H,13-15H2,(H,26,29). The molecular formula is C24H19FN2O4S. The summed E-state index contributed by atoms with van der Waals surface area (Å²) in [4.78, 5) is 37.3. The zero-order valence-corrected chi connectivity index (χ0v) is 17.7. The maximum atomic E-state index is 13.0. The Balaban J connectivity index is 1.35. The van der Waals surface area contributed by atoms with E-state index in [0.29, 0.717) is 17.0 Å². The first-order chi connectivity index (χ1) is 15.5. The molecule has 1 aliphatic heterocycles. The summed E-state index contributed by atoms with van der Waals surface area (Å²) < 4.78 is 18.7. The van der Waals surface area contributed by atoms with Crippen LogP contribution in [0.5, 0.6) is 5.75 Å². The molecule has 32 heavy (non-hydrogen) atoms. The molecule has 3 aromatic rings. The number of thioether (sulfide) groups is 1. The Morgan fingerprint density at radius 3 is 2.41 bits per heavy atom. The van der Waals surface area contributed by atoms with Gasteiger partial charge < -0.3 is 10.1 Å². The van der Waals surface area contributed by atoms with Crippen molar-refractivity contribution in [1.82, 2.24) is 4.90 Å². The fourth-order valence-corrected chi connectivity index (χ4v) is 3.81. The summed E-state index contributed by atoms with van der Waals surface area (Å²) in [6.45, 7) is 0.472. The normalized spacial score (nSPS) is 13.3. The minimum absolute atomic E-state index is 0.180. The van der Waals surface area contributed by atoms with Crippen molar-refractivity contribution < 1.29 is 23.5 Å². The number of hydrogen-bond donors (Lipinski definition) is 1. The molecular weight excluding hydrogens is 431 g/mol. The molecule has 1 fully saturated rings. The second-order valence-electron chi connectivity index (χ2n) is 7.13. The highest BCUT2D eigenvalue weighted by atomic mass is 32.2. The quantitative estimate of drug-likeness (QED) is 0.557. The molecule has 3 amide bonds. The topological polar surface area (TPSA) is 75.7 Å². The first-order valence-electron chi connectivity index (χ1n) is 9.83. The Kier molecular flexibility index (Phi) is 6.51. The number of benzene rings is 3. The highest BCUT2D eigenvalue weighted by Crippen LogP contribution is 2.22. The number of rotatable bonds is 7. The van der Waals surface area contributed by atoms with Crippen LogP contribution in [0.3, 0.4) is 0 Å². The zero-order valence-electron chi connectivity index (χ0n) is 16.9. The number of ether oxygens (including phenoxy) is 1. The lowest BCUT2D eigenvalue weighted by Crippen LogP contribution is -2.27. The average molecular weight is 450 g/mol. The van der Waals surface area contributed by atoms with Gasteiger partial charge in [-0.05, 0) is 53.6 Å². The molecule has 0 unspecified atom stereocenters. The number of carbonyl (C=O) groups excluding carboxylic acids is 3. The number of amides is 3. The van der Waals surface area contributed by atoms with Gasteiger partial charge in [-0.15, -0.1) is 0 Å². The number of halogens is 1. The molecule has 8 heteroatoms. The lowest BCUT2D eigenvalue weighted by molar-refractivity contribution is -0.125. The molecule has 1 aliphatic rings. The SMILES string of the molecule is O=C(Nc1ccc(CN2C(=O)CSC2=O)cc1)c1cccc(OCc2ccc(F)cc2)c1. The van der Waals surface area contributed by atoms with Gasteiger partial charge in [-0.25, -0.2) is 4.39 Å². The van der Waals surface area contributed by atoms with Crippen LogP contribution in [0, 0.1) is 5.82 Å². The van der Waals surface area contributed by atoms with Crippen LogP contribution in [-0.2, 0) is 17.9 Å². The van der Waals surface area contributed by atoms with Crippen molar-refractivity contribution in [3.63, 3.8) is 0 Å². The predicted molar refractivity (Wildman–Crippen MR) is 120 cm³/mol. The van der Waals surface area contributed by atoms with Crippen molar-refractivity contribution in [2.24, 2.45) is 0 Å². The number of carbonyl (C=O) groups is 3. The largest absolute Gasteiger partial charge is 0.489 e. The van der Waals surface area contributed by atoms with Gasteiger partial charge in [-0.2, -0.15) is 0 Å². The first kappa shape index (κ1) is 21.6.